The van der Waals surface area contributed by atoms with Crippen molar-refractivity contribution in [3.8, 4) is 0 Å². The number of rotatable bonds is 2. The van der Waals surface area contributed by atoms with E-state index in [1.807, 2.05) is 15.9 Å². The van der Waals surface area contributed by atoms with Gasteiger partial charge in [0.2, 0.25) is 0 Å². The normalized spacial score (nSPS) is 17.2. The monoisotopic (exact) mass is 363 g/mol. The number of carbonyl (C=O) groups is 2. The van der Waals surface area contributed by atoms with E-state index in [9.17, 15) is 9.59 Å². The third-order valence-electron chi connectivity index (χ3n) is 5.59. The molecule has 2 heterocycles. The minimum atomic E-state index is 0.0143. The average Bonchev–Trinajstić information content (AvgIpc) is 2.99. The van der Waals surface area contributed by atoms with Crippen LogP contribution < -0.4 is 0 Å². The predicted molar refractivity (Wildman–Crippen MR) is 104 cm³/mol. The maximum absolute atomic E-state index is 13.0. The summed E-state index contributed by atoms with van der Waals surface area (Å²) in [5.41, 5.74) is 4.16. The van der Waals surface area contributed by atoms with E-state index in [4.69, 9.17) is 0 Å². The molecular weight excluding hydrogens is 338 g/mol. The summed E-state index contributed by atoms with van der Waals surface area (Å²) in [6.45, 7) is 2.51. The summed E-state index contributed by atoms with van der Waals surface area (Å²) >= 11 is 0. The predicted octanol–water partition coefficient (Wildman–Crippen LogP) is 2.95. The third-order valence-corrected chi connectivity index (χ3v) is 5.59. The number of pyridine rings is 1. The summed E-state index contributed by atoms with van der Waals surface area (Å²) in [5.74, 6) is 0.0991. The Balaban J connectivity index is 1.43. The summed E-state index contributed by atoms with van der Waals surface area (Å²) in [4.78, 5) is 33.4. The van der Waals surface area contributed by atoms with Crippen molar-refractivity contribution in [2.45, 2.75) is 32.1 Å². The van der Waals surface area contributed by atoms with Crippen LogP contribution in [0.3, 0.4) is 0 Å². The number of fused-ring (bicyclic) bond motifs is 1. The molecule has 1 aliphatic heterocycles. The summed E-state index contributed by atoms with van der Waals surface area (Å²) in [5, 5.41) is 0. The van der Waals surface area contributed by atoms with Gasteiger partial charge in [-0.15, -0.1) is 0 Å². The molecule has 2 aliphatic rings. The zero-order chi connectivity index (χ0) is 18.6. The second kappa shape index (κ2) is 7.91. The molecule has 0 atom stereocenters. The lowest BCUT2D eigenvalue weighted by molar-refractivity contribution is 0.0718. The van der Waals surface area contributed by atoms with E-state index in [-0.39, 0.29) is 11.8 Å². The van der Waals surface area contributed by atoms with Crippen molar-refractivity contribution in [2.75, 3.05) is 26.2 Å². The molecule has 27 heavy (non-hydrogen) atoms. The molecule has 0 bridgehead atoms. The Morgan fingerprint density at radius 2 is 1.33 bits per heavy atom. The van der Waals surface area contributed by atoms with Gasteiger partial charge in [-0.2, -0.15) is 0 Å². The van der Waals surface area contributed by atoms with E-state index < -0.39 is 0 Å². The molecule has 1 saturated heterocycles. The Kier molecular flexibility index (Phi) is 5.19. The van der Waals surface area contributed by atoms with Gasteiger partial charge in [0, 0.05) is 49.7 Å². The van der Waals surface area contributed by atoms with Crippen molar-refractivity contribution >= 4 is 11.8 Å². The standard InChI is InChI=1S/C22H25N3O2/c26-21(18-8-10-23-11-9-18)24-12-3-13-25(15-14-24)22(27)20-7-6-17-4-1-2-5-19(17)16-20/h6-11,16H,1-5,12-15H2. The molecule has 1 aromatic heterocycles. The van der Waals surface area contributed by atoms with Crippen LogP contribution in [0.5, 0.6) is 0 Å². The molecular formula is C22H25N3O2. The van der Waals surface area contributed by atoms with Crippen LogP contribution in [0.15, 0.2) is 42.7 Å². The summed E-state index contributed by atoms with van der Waals surface area (Å²) in [6.07, 6.45) is 8.72. The fourth-order valence-electron chi connectivity index (χ4n) is 4.05. The van der Waals surface area contributed by atoms with E-state index in [0.29, 0.717) is 31.7 Å². The minimum Gasteiger partial charge on any atom is -0.337 e. The number of aryl methyl sites for hydroxylation is 2. The van der Waals surface area contributed by atoms with Crippen LogP contribution in [0.1, 0.15) is 51.1 Å². The maximum Gasteiger partial charge on any atom is 0.254 e. The first-order valence-electron chi connectivity index (χ1n) is 9.83. The number of benzene rings is 1. The first-order valence-corrected chi connectivity index (χ1v) is 9.83. The molecule has 4 rings (SSSR count). The van der Waals surface area contributed by atoms with Crippen molar-refractivity contribution in [1.29, 1.82) is 0 Å². The Morgan fingerprint density at radius 1 is 0.704 bits per heavy atom. The molecule has 140 valence electrons. The minimum absolute atomic E-state index is 0.0143. The number of hydrogen-bond acceptors (Lipinski definition) is 3. The highest BCUT2D eigenvalue weighted by molar-refractivity contribution is 5.95. The number of amides is 2. The van der Waals surface area contributed by atoms with E-state index in [1.165, 1.54) is 24.0 Å². The van der Waals surface area contributed by atoms with Crippen molar-refractivity contribution in [1.82, 2.24) is 14.8 Å². The fraction of sp³-hybridized carbons (Fsp3) is 0.409. The van der Waals surface area contributed by atoms with E-state index in [1.54, 1.807) is 24.5 Å². The van der Waals surface area contributed by atoms with E-state index in [2.05, 4.69) is 17.1 Å². The SMILES string of the molecule is O=C(c1ccncc1)N1CCCN(C(=O)c2ccc3c(c2)CCCC3)CC1. The number of hydrogen-bond donors (Lipinski definition) is 0. The fourth-order valence-corrected chi connectivity index (χ4v) is 4.05. The van der Waals surface area contributed by atoms with Crippen LogP contribution in [0.25, 0.3) is 0 Å². The molecule has 1 aliphatic carbocycles. The van der Waals surface area contributed by atoms with Crippen LogP contribution in [-0.4, -0.2) is 52.8 Å². The van der Waals surface area contributed by atoms with Gasteiger partial charge >= 0.3 is 0 Å². The molecule has 2 aromatic rings. The molecule has 5 heteroatoms. The summed E-state index contributed by atoms with van der Waals surface area (Å²) in [6, 6.07) is 9.66. The highest BCUT2D eigenvalue weighted by Crippen LogP contribution is 2.23. The number of aromatic nitrogens is 1. The van der Waals surface area contributed by atoms with Gasteiger partial charge in [-0.1, -0.05) is 6.07 Å². The molecule has 1 aromatic carbocycles. The van der Waals surface area contributed by atoms with Crippen LogP contribution in [0.4, 0.5) is 0 Å². The van der Waals surface area contributed by atoms with Crippen LogP contribution in [-0.2, 0) is 12.8 Å². The third kappa shape index (κ3) is 3.87. The smallest absolute Gasteiger partial charge is 0.254 e. The van der Waals surface area contributed by atoms with Gasteiger partial charge in [0.1, 0.15) is 0 Å². The largest absolute Gasteiger partial charge is 0.337 e. The molecule has 5 nitrogen and oxygen atoms in total. The molecule has 1 fully saturated rings. The summed E-state index contributed by atoms with van der Waals surface area (Å²) < 4.78 is 0. The molecule has 0 spiro atoms. The van der Waals surface area contributed by atoms with Gasteiger partial charge in [-0.3, -0.25) is 14.6 Å². The zero-order valence-electron chi connectivity index (χ0n) is 15.6. The van der Waals surface area contributed by atoms with E-state index >= 15 is 0 Å². The quantitative estimate of drug-likeness (QED) is 0.824. The van der Waals surface area contributed by atoms with E-state index in [0.717, 1.165) is 24.8 Å². The van der Waals surface area contributed by atoms with Crippen molar-refractivity contribution in [2.24, 2.45) is 0 Å². The van der Waals surface area contributed by atoms with Gasteiger partial charge in [-0.05, 0) is 67.5 Å². The second-order valence-corrected chi connectivity index (χ2v) is 7.36. The Labute approximate surface area is 160 Å². The van der Waals surface area contributed by atoms with Crippen molar-refractivity contribution in [3.63, 3.8) is 0 Å². The highest BCUT2D eigenvalue weighted by Gasteiger charge is 2.24. The van der Waals surface area contributed by atoms with Gasteiger partial charge in [0.15, 0.2) is 0 Å². The summed E-state index contributed by atoms with van der Waals surface area (Å²) in [7, 11) is 0. The topological polar surface area (TPSA) is 53.5 Å². The maximum atomic E-state index is 13.0. The van der Waals surface area contributed by atoms with Crippen molar-refractivity contribution in [3.05, 3.63) is 65.0 Å². The molecule has 0 N–H and O–H groups in total. The van der Waals surface area contributed by atoms with Crippen LogP contribution >= 0.6 is 0 Å². The van der Waals surface area contributed by atoms with Crippen LogP contribution in [0.2, 0.25) is 0 Å². The highest BCUT2D eigenvalue weighted by atomic mass is 16.2. The molecule has 0 unspecified atom stereocenters. The Bertz CT molecular complexity index is 835. The average molecular weight is 363 g/mol. The second-order valence-electron chi connectivity index (χ2n) is 7.36. The molecule has 0 radical (unpaired) electrons. The van der Waals surface area contributed by atoms with Crippen LogP contribution in [0, 0.1) is 0 Å². The van der Waals surface area contributed by atoms with Gasteiger partial charge < -0.3 is 9.80 Å². The van der Waals surface area contributed by atoms with Gasteiger partial charge in [0.05, 0.1) is 0 Å². The number of nitrogens with zero attached hydrogens (tertiary/aromatic N) is 3. The number of carbonyl (C=O) groups excluding carboxylic acids is 2. The van der Waals surface area contributed by atoms with Crippen molar-refractivity contribution < 1.29 is 9.59 Å². The zero-order valence-corrected chi connectivity index (χ0v) is 15.6. The first kappa shape index (κ1) is 17.7. The Hall–Kier alpha value is -2.69. The van der Waals surface area contributed by atoms with Gasteiger partial charge in [0.25, 0.3) is 11.8 Å². The molecule has 2 amide bonds. The Morgan fingerprint density at radius 3 is 2.04 bits per heavy atom. The lowest BCUT2D eigenvalue weighted by atomic mass is 9.90. The van der Waals surface area contributed by atoms with Gasteiger partial charge in [-0.25, -0.2) is 0 Å². The first-order chi connectivity index (χ1) is 13.2. The molecule has 0 saturated carbocycles. The lowest BCUT2D eigenvalue weighted by Crippen LogP contribution is -2.37. The lowest BCUT2D eigenvalue weighted by Gasteiger charge is -2.23.